The van der Waals surface area contributed by atoms with Gasteiger partial charge in [-0.2, -0.15) is 0 Å². The van der Waals surface area contributed by atoms with Crippen molar-refractivity contribution < 1.29 is 9.90 Å². The molecule has 0 aliphatic heterocycles. The molecule has 0 saturated heterocycles. The number of carbonyl (C=O) groups is 1. The molecule has 1 aromatic carbocycles. The van der Waals surface area contributed by atoms with E-state index in [4.69, 9.17) is 5.11 Å². The number of aryl methyl sites for hydroxylation is 1. The van der Waals surface area contributed by atoms with E-state index in [0.29, 0.717) is 0 Å². The summed E-state index contributed by atoms with van der Waals surface area (Å²) in [6.07, 6.45) is 3.52. The number of carboxylic acid groups (broad SMARTS) is 1. The monoisotopic (exact) mass is 190 g/mol. The predicted molar refractivity (Wildman–Crippen MR) is 54.5 cm³/mol. The lowest BCUT2D eigenvalue weighted by atomic mass is 9.97. The van der Waals surface area contributed by atoms with E-state index < -0.39 is 5.97 Å². The van der Waals surface area contributed by atoms with Crippen molar-refractivity contribution in [3.8, 4) is 0 Å². The molecule has 0 heterocycles. The Kier molecular flexibility index (Phi) is 2.28. The third kappa shape index (κ3) is 1.52. The van der Waals surface area contributed by atoms with Crippen LogP contribution < -0.4 is 0 Å². The number of rotatable bonds is 2. The van der Waals surface area contributed by atoms with Crippen LogP contribution >= 0.6 is 0 Å². The normalized spacial score (nSPS) is 14.1. The fourth-order valence-electron chi connectivity index (χ4n) is 2.29. The highest BCUT2D eigenvalue weighted by molar-refractivity contribution is 5.71. The summed E-state index contributed by atoms with van der Waals surface area (Å²) in [5, 5.41) is 8.77. The number of hydrogen-bond acceptors (Lipinski definition) is 1. The predicted octanol–water partition coefficient (Wildman–Crippen LogP) is 2.11. The van der Waals surface area contributed by atoms with Gasteiger partial charge in [0, 0.05) is 0 Å². The average Bonchev–Trinajstić information content (AvgIpc) is 2.58. The van der Waals surface area contributed by atoms with Crippen LogP contribution in [-0.4, -0.2) is 11.1 Å². The molecule has 1 aromatic rings. The third-order valence-electron chi connectivity index (χ3n) is 2.96. The zero-order valence-corrected chi connectivity index (χ0v) is 8.34. The van der Waals surface area contributed by atoms with Gasteiger partial charge in [0.05, 0.1) is 6.42 Å². The minimum atomic E-state index is -0.733. The lowest BCUT2D eigenvalue weighted by Gasteiger charge is -2.08. The minimum Gasteiger partial charge on any atom is -0.481 e. The Labute approximate surface area is 83.6 Å². The molecule has 1 aliphatic rings. The van der Waals surface area contributed by atoms with Crippen molar-refractivity contribution in [2.75, 3.05) is 0 Å². The minimum absolute atomic E-state index is 0.169. The van der Waals surface area contributed by atoms with Gasteiger partial charge in [0.2, 0.25) is 0 Å². The molecule has 0 aromatic heterocycles. The molecule has 0 atom stereocenters. The Morgan fingerprint density at radius 3 is 2.79 bits per heavy atom. The van der Waals surface area contributed by atoms with E-state index in [1.807, 2.05) is 12.1 Å². The molecule has 0 amide bonds. The van der Waals surface area contributed by atoms with Gasteiger partial charge in [-0.1, -0.05) is 12.1 Å². The van der Waals surface area contributed by atoms with Gasteiger partial charge in [0.1, 0.15) is 0 Å². The van der Waals surface area contributed by atoms with E-state index >= 15 is 0 Å². The Morgan fingerprint density at radius 2 is 2.07 bits per heavy atom. The molecule has 14 heavy (non-hydrogen) atoms. The van der Waals surface area contributed by atoms with Gasteiger partial charge >= 0.3 is 5.97 Å². The maximum atomic E-state index is 10.7. The second kappa shape index (κ2) is 3.45. The number of aliphatic carboxylic acids is 1. The quantitative estimate of drug-likeness (QED) is 0.775. The smallest absolute Gasteiger partial charge is 0.307 e. The number of hydrogen-bond donors (Lipinski definition) is 1. The van der Waals surface area contributed by atoms with Crippen LogP contribution in [0.5, 0.6) is 0 Å². The molecule has 2 rings (SSSR count). The van der Waals surface area contributed by atoms with Crippen molar-refractivity contribution >= 4 is 5.97 Å². The van der Waals surface area contributed by atoms with Crippen LogP contribution in [0, 0.1) is 6.92 Å². The average molecular weight is 190 g/mol. The standard InChI is InChI=1S/C12H14O2/c1-8-5-6-9(7-12(13)14)11-4-2-3-10(8)11/h5-6H,2-4,7H2,1H3,(H,13,14). The van der Waals surface area contributed by atoms with Gasteiger partial charge in [-0.05, 0) is 48.4 Å². The van der Waals surface area contributed by atoms with Crippen molar-refractivity contribution in [1.82, 2.24) is 0 Å². The highest BCUT2D eigenvalue weighted by Crippen LogP contribution is 2.28. The van der Waals surface area contributed by atoms with Crippen molar-refractivity contribution in [3.63, 3.8) is 0 Å². The van der Waals surface area contributed by atoms with Gasteiger partial charge in [0.25, 0.3) is 0 Å². The molecule has 0 radical (unpaired) electrons. The molecular weight excluding hydrogens is 176 g/mol. The highest BCUT2D eigenvalue weighted by atomic mass is 16.4. The molecule has 74 valence electrons. The molecule has 0 bridgehead atoms. The Bertz CT molecular complexity index is 380. The molecule has 0 saturated carbocycles. The van der Waals surface area contributed by atoms with Crippen LogP contribution in [0.2, 0.25) is 0 Å². The number of carboxylic acids is 1. The summed E-state index contributed by atoms with van der Waals surface area (Å²) in [5.41, 5.74) is 5.01. The van der Waals surface area contributed by atoms with E-state index in [9.17, 15) is 4.79 Å². The first-order valence-corrected chi connectivity index (χ1v) is 5.00. The SMILES string of the molecule is Cc1ccc(CC(=O)O)c2c1CCC2. The second-order valence-electron chi connectivity index (χ2n) is 3.92. The van der Waals surface area contributed by atoms with Crippen LogP contribution in [0.1, 0.15) is 28.7 Å². The van der Waals surface area contributed by atoms with E-state index in [-0.39, 0.29) is 6.42 Å². The van der Waals surface area contributed by atoms with Gasteiger partial charge in [-0.3, -0.25) is 4.79 Å². The molecule has 2 heteroatoms. The summed E-state index contributed by atoms with van der Waals surface area (Å²) in [6, 6.07) is 4.01. The van der Waals surface area contributed by atoms with Crippen LogP contribution in [0.3, 0.4) is 0 Å². The maximum absolute atomic E-state index is 10.7. The topological polar surface area (TPSA) is 37.3 Å². The second-order valence-corrected chi connectivity index (χ2v) is 3.92. The van der Waals surface area contributed by atoms with E-state index in [1.54, 1.807) is 0 Å². The third-order valence-corrected chi connectivity index (χ3v) is 2.96. The first-order valence-electron chi connectivity index (χ1n) is 5.00. The van der Waals surface area contributed by atoms with Crippen molar-refractivity contribution in [2.24, 2.45) is 0 Å². The van der Waals surface area contributed by atoms with Crippen LogP contribution in [0.15, 0.2) is 12.1 Å². The first-order chi connectivity index (χ1) is 6.68. The lowest BCUT2D eigenvalue weighted by molar-refractivity contribution is -0.136. The molecule has 1 N–H and O–H groups in total. The highest BCUT2D eigenvalue weighted by Gasteiger charge is 2.17. The summed E-state index contributed by atoms with van der Waals surface area (Å²) in [7, 11) is 0. The molecule has 2 nitrogen and oxygen atoms in total. The Hall–Kier alpha value is -1.31. The summed E-state index contributed by atoms with van der Waals surface area (Å²) in [6.45, 7) is 2.11. The first kappa shape index (κ1) is 9.25. The molecule has 0 spiro atoms. The molecular formula is C12H14O2. The molecule has 0 fully saturated rings. The van der Waals surface area contributed by atoms with E-state index in [2.05, 4.69) is 6.92 Å². The number of benzene rings is 1. The summed E-state index contributed by atoms with van der Waals surface area (Å²) >= 11 is 0. The fraction of sp³-hybridized carbons (Fsp3) is 0.417. The van der Waals surface area contributed by atoms with Gasteiger partial charge in [-0.25, -0.2) is 0 Å². The van der Waals surface area contributed by atoms with Crippen molar-refractivity contribution in [2.45, 2.75) is 32.6 Å². The van der Waals surface area contributed by atoms with Gasteiger partial charge in [0.15, 0.2) is 0 Å². The van der Waals surface area contributed by atoms with Crippen LogP contribution in [-0.2, 0) is 24.1 Å². The summed E-state index contributed by atoms with van der Waals surface area (Å²) in [4.78, 5) is 10.7. The van der Waals surface area contributed by atoms with Crippen molar-refractivity contribution in [1.29, 1.82) is 0 Å². The Morgan fingerprint density at radius 1 is 1.36 bits per heavy atom. The lowest BCUT2D eigenvalue weighted by Crippen LogP contribution is -2.04. The summed E-state index contributed by atoms with van der Waals surface area (Å²) < 4.78 is 0. The van der Waals surface area contributed by atoms with Crippen LogP contribution in [0.25, 0.3) is 0 Å². The van der Waals surface area contributed by atoms with Gasteiger partial charge < -0.3 is 5.11 Å². The van der Waals surface area contributed by atoms with Crippen LogP contribution in [0.4, 0.5) is 0 Å². The van der Waals surface area contributed by atoms with Crippen molar-refractivity contribution in [3.05, 3.63) is 34.4 Å². The fourth-order valence-corrected chi connectivity index (χ4v) is 2.29. The Balaban J connectivity index is 2.43. The largest absolute Gasteiger partial charge is 0.481 e. The zero-order valence-electron chi connectivity index (χ0n) is 8.34. The zero-order chi connectivity index (χ0) is 10.1. The van der Waals surface area contributed by atoms with E-state index in [1.165, 1.54) is 23.1 Å². The maximum Gasteiger partial charge on any atom is 0.307 e. The number of fused-ring (bicyclic) bond motifs is 1. The molecule has 1 aliphatic carbocycles. The summed E-state index contributed by atoms with van der Waals surface area (Å²) in [5.74, 6) is -0.733. The molecule has 0 unspecified atom stereocenters. The van der Waals surface area contributed by atoms with Gasteiger partial charge in [-0.15, -0.1) is 0 Å². The van der Waals surface area contributed by atoms with E-state index in [0.717, 1.165) is 18.4 Å².